The number of benzene rings is 1. The fourth-order valence-corrected chi connectivity index (χ4v) is 3.70. The molecule has 0 saturated heterocycles. The third-order valence-electron chi connectivity index (χ3n) is 5.61. The van der Waals surface area contributed by atoms with Crippen LogP contribution >= 0.6 is 0 Å². The van der Waals surface area contributed by atoms with Gasteiger partial charge in [0.15, 0.2) is 11.5 Å². The largest absolute Gasteiger partial charge is 0.493 e. The molecule has 3 aromatic rings. The van der Waals surface area contributed by atoms with E-state index in [1.807, 2.05) is 52.0 Å². The van der Waals surface area contributed by atoms with Crippen LogP contribution < -0.4 is 14.8 Å². The van der Waals surface area contributed by atoms with Gasteiger partial charge in [0.2, 0.25) is 5.91 Å². The molecule has 0 aliphatic heterocycles. The second-order valence-electron chi connectivity index (χ2n) is 8.98. The summed E-state index contributed by atoms with van der Waals surface area (Å²) in [6.45, 7) is 13.1. The Morgan fingerprint density at radius 1 is 1.06 bits per heavy atom. The average Bonchev–Trinajstić information content (AvgIpc) is 3.05. The summed E-state index contributed by atoms with van der Waals surface area (Å²) in [5.74, 6) is 2.39. The number of carbonyl (C=O) groups excluding carboxylic acids is 1. The Labute approximate surface area is 201 Å². The highest BCUT2D eigenvalue weighted by molar-refractivity contribution is 5.79. The van der Waals surface area contributed by atoms with E-state index < -0.39 is 0 Å². The van der Waals surface area contributed by atoms with Crippen molar-refractivity contribution in [2.24, 2.45) is 5.92 Å². The van der Waals surface area contributed by atoms with Crippen molar-refractivity contribution in [1.82, 2.24) is 25.1 Å². The van der Waals surface area contributed by atoms with Gasteiger partial charge in [0.05, 0.1) is 25.8 Å². The highest BCUT2D eigenvalue weighted by atomic mass is 16.5. The van der Waals surface area contributed by atoms with Gasteiger partial charge in [-0.05, 0) is 63.8 Å². The van der Waals surface area contributed by atoms with Gasteiger partial charge in [-0.1, -0.05) is 19.9 Å². The Bertz CT molecular complexity index is 1130. The van der Waals surface area contributed by atoms with E-state index in [0.29, 0.717) is 36.5 Å². The molecule has 8 heteroatoms. The van der Waals surface area contributed by atoms with Crippen molar-refractivity contribution >= 4 is 5.91 Å². The fourth-order valence-electron chi connectivity index (χ4n) is 3.70. The number of nitrogens with zero attached hydrogens (tertiary/aromatic N) is 4. The molecule has 1 amide bonds. The zero-order valence-electron chi connectivity index (χ0n) is 21.2. The third-order valence-corrected chi connectivity index (χ3v) is 5.61. The molecule has 0 aliphatic rings. The summed E-state index contributed by atoms with van der Waals surface area (Å²) < 4.78 is 13.0. The number of rotatable bonds is 10. The number of hydrogen-bond acceptors (Lipinski definition) is 6. The smallest absolute Gasteiger partial charge is 0.251 e. The second-order valence-corrected chi connectivity index (χ2v) is 8.98. The van der Waals surface area contributed by atoms with Crippen LogP contribution in [0, 0.1) is 33.6 Å². The maximum absolute atomic E-state index is 12.7. The van der Waals surface area contributed by atoms with Gasteiger partial charge in [-0.15, -0.1) is 0 Å². The van der Waals surface area contributed by atoms with Gasteiger partial charge in [-0.3, -0.25) is 4.79 Å². The predicted molar refractivity (Wildman–Crippen MR) is 132 cm³/mol. The molecule has 2 heterocycles. The van der Waals surface area contributed by atoms with E-state index in [2.05, 4.69) is 34.2 Å². The minimum atomic E-state index is -0.0803. The van der Waals surface area contributed by atoms with E-state index in [4.69, 9.17) is 9.47 Å². The zero-order valence-corrected chi connectivity index (χ0v) is 21.2. The number of ether oxygens (including phenoxy) is 2. The van der Waals surface area contributed by atoms with Crippen molar-refractivity contribution in [2.45, 2.75) is 60.9 Å². The lowest BCUT2D eigenvalue weighted by atomic mass is 10.1. The van der Waals surface area contributed by atoms with Gasteiger partial charge in [0, 0.05) is 29.2 Å². The quantitative estimate of drug-likeness (QED) is 0.483. The third kappa shape index (κ3) is 6.34. The first-order valence-corrected chi connectivity index (χ1v) is 11.6. The second kappa shape index (κ2) is 11.1. The number of carbonyl (C=O) groups is 1. The van der Waals surface area contributed by atoms with Crippen LogP contribution in [0.5, 0.6) is 11.5 Å². The molecule has 0 spiro atoms. The first-order chi connectivity index (χ1) is 16.2. The van der Waals surface area contributed by atoms with Crippen LogP contribution in [0.2, 0.25) is 0 Å². The van der Waals surface area contributed by atoms with Gasteiger partial charge in [-0.2, -0.15) is 5.10 Å². The SMILES string of the molecule is COc1cc(CNC(=O)Cc2c(C)nn(-c3nc(C)cc(C)n3)c2C)ccc1OCCC(C)C. The molecule has 182 valence electrons. The summed E-state index contributed by atoms with van der Waals surface area (Å²) in [7, 11) is 1.62. The number of hydrogen-bond donors (Lipinski definition) is 1. The minimum absolute atomic E-state index is 0.0803. The van der Waals surface area contributed by atoms with E-state index in [1.54, 1.807) is 11.8 Å². The summed E-state index contributed by atoms with van der Waals surface area (Å²) in [6.07, 6.45) is 1.21. The van der Waals surface area contributed by atoms with Crippen LogP contribution in [-0.4, -0.2) is 39.4 Å². The molecule has 0 saturated carbocycles. The van der Waals surface area contributed by atoms with Crippen LogP contribution in [0.25, 0.3) is 5.95 Å². The molecule has 1 aromatic carbocycles. The Morgan fingerprint density at radius 2 is 1.76 bits per heavy atom. The summed E-state index contributed by atoms with van der Waals surface area (Å²) in [5.41, 5.74) is 5.23. The topological polar surface area (TPSA) is 91.2 Å². The van der Waals surface area contributed by atoms with Crippen molar-refractivity contribution in [3.63, 3.8) is 0 Å². The van der Waals surface area contributed by atoms with Gasteiger partial charge in [-0.25, -0.2) is 14.6 Å². The Kier molecular flexibility index (Phi) is 8.26. The average molecular weight is 466 g/mol. The molecule has 34 heavy (non-hydrogen) atoms. The van der Waals surface area contributed by atoms with E-state index in [9.17, 15) is 4.79 Å². The van der Waals surface area contributed by atoms with E-state index in [-0.39, 0.29) is 12.3 Å². The molecule has 3 rings (SSSR count). The van der Waals surface area contributed by atoms with Gasteiger partial charge >= 0.3 is 0 Å². The van der Waals surface area contributed by atoms with Crippen LogP contribution in [0.1, 0.15) is 54.2 Å². The number of nitrogens with one attached hydrogen (secondary N) is 1. The number of methoxy groups -OCH3 is 1. The number of aryl methyl sites for hydroxylation is 3. The Hall–Kier alpha value is -3.42. The monoisotopic (exact) mass is 465 g/mol. The molecular formula is C26H35N5O3. The summed E-state index contributed by atoms with van der Waals surface area (Å²) in [5, 5.41) is 7.58. The van der Waals surface area contributed by atoms with Crippen molar-refractivity contribution in [1.29, 1.82) is 0 Å². The van der Waals surface area contributed by atoms with Crippen molar-refractivity contribution < 1.29 is 14.3 Å². The molecule has 1 N–H and O–H groups in total. The molecule has 0 fully saturated rings. The highest BCUT2D eigenvalue weighted by Crippen LogP contribution is 2.28. The normalized spacial score (nSPS) is 11.1. The highest BCUT2D eigenvalue weighted by Gasteiger charge is 2.18. The van der Waals surface area contributed by atoms with Gasteiger partial charge in [0.25, 0.3) is 5.95 Å². The lowest BCUT2D eigenvalue weighted by Crippen LogP contribution is -2.25. The van der Waals surface area contributed by atoms with E-state index >= 15 is 0 Å². The maximum Gasteiger partial charge on any atom is 0.251 e. The predicted octanol–water partition coefficient (Wildman–Crippen LogP) is 4.19. The summed E-state index contributed by atoms with van der Waals surface area (Å²) >= 11 is 0. The van der Waals surface area contributed by atoms with Crippen molar-refractivity contribution in [3.8, 4) is 17.4 Å². The van der Waals surface area contributed by atoms with Crippen LogP contribution in [0.15, 0.2) is 24.3 Å². The van der Waals surface area contributed by atoms with Crippen molar-refractivity contribution in [2.75, 3.05) is 13.7 Å². The molecular weight excluding hydrogens is 430 g/mol. The minimum Gasteiger partial charge on any atom is -0.493 e. The number of amides is 1. The molecule has 0 atom stereocenters. The molecule has 8 nitrogen and oxygen atoms in total. The lowest BCUT2D eigenvalue weighted by molar-refractivity contribution is -0.120. The van der Waals surface area contributed by atoms with E-state index in [1.165, 1.54) is 0 Å². The van der Waals surface area contributed by atoms with Crippen LogP contribution in [-0.2, 0) is 17.8 Å². The molecule has 0 radical (unpaired) electrons. The van der Waals surface area contributed by atoms with Gasteiger partial charge < -0.3 is 14.8 Å². The molecule has 0 aliphatic carbocycles. The Morgan fingerprint density at radius 3 is 2.41 bits per heavy atom. The maximum atomic E-state index is 12.7. The first-order valence-electron chi connectivity index (χ1n) is 11.6. The molecule has 0 bridgehead atoms. The zero-order chi connectivity index (χ0) is 24.8. The van der Waals surface area contributed by atoms with Crippen molar-refractivity contribution in [3.05, 3.63) is 58.2 Å². The fraction of sp³-hybridized carbons (Fsp3) is 0.462. The first kappa shape index (κ1) is 25.2. The van der Waals surface area contributed by atoms with Crippen LogP contribution in [0.3, 0.4) is 0 Å². The summed E-state index contributed by atoms with van der Waals surface area (Å²) in [6, 6.07) is 7.65. The molecule has 0 unspecified atom stereocenters. The van der Waals surface area contributed by atoms with Crippen LogP contribution in [0.4, 0.5) is 0 Å². The van der Waals surface area contributed by atoms with Gasteiger partial charge in [0.1, 0.15) is 0 Å². The summed E-state index contributed by atoms with van der Waals surface area (Å²) in [4.78, 5) is 21.7. The van der Waals surface area contributed by atoms with E-state index in [0.717, 1.165) is 40.3 Å². The standard InChI is InChI=1S/C26H35N5O3/c1-16(2)10-11-34-23-9-8-21(13-24(23)33-7)15-27-25(32)14-22-19(5)30-31(20(22)6)26-28-17(3)12-18(4)29-26/h8-9,12-13,16H,10-11,14-15H2,1-7H3,(H,27,32). The molecule has 2 aromatic heterocycles. The number of aromatic nitrogens is 4. The lowest BCUT2D eigenvalue weighted by Gasteiger charge is -2.13. The Balaban J connectivity index is 1.65.